The van der Waals surface area contributed by atoms with Crippen molar-refractivity contribution in [3.63, 3.8) is 0 Å². The summed E-state index contributed by atoms with van der Waals surface area (Å²) in [4.78, 5) is 23.2. The maximum absolute atomic E-state index is 13.6. The third kappa shape index (κ3) is 5.43. The fourth-order valence-electron chi connectivity index (χ4n) is 8.03. The van der Waals surface area contributed by atoms with Gasteiger partial charge >= 0.3 is 0 Å². The van der Waals surface area contributed by atoms with E-state index in [0.29, 0.717) is 30.7 Å². The molecule has 3 heterocycles. The molecular weight excluding hydrogens is 647 g/mol. The molecule has 1 amide bonds. The number of fused-ring (bicyclic) bond motifs is 2. The number of aromatic nitrogens is 4. The maximum atomic E-state index is 13.6. The highest BCUT2D eigenvalue weighted by molar-refractivity contribution is 6.02. The minimum atomic E-state index is -0.798. The van der Waals surface area contributed by atoms with Crippen molar-refractivity contribution in [3.05, 3.63) is 173 Å². The molecule has 1 aliphatic carbocycles. The fraction of sp³-hybridized carbons (Fsp3) is 0.205. The monoisotopic (exact) mass is 685 g/mol. The largest absolute Gasteiger partial charge is 0.347 e. The van der Waals surface area contributed by atoms with Crippen molar-refractivity contribution in [1.29, 1.82) is 0 Å². The van der Waals surface area contributed by atoms with E-state index in [1.54, 1.807) is 0 Å². The molecule has 1 saturated heterocycles. The summed E-state index contributed by atoms with van der Waals surface area (Å²) in [6.45, 7) is 3.21. The third-order valence-electron chi connectivity index (χ3n) is 10.6. The minimum Gasteiger partial charge on any atom is -0.347 e. The van der Waals surface area contributed by atoms with Crippen molar-refractivity contribution in [2.75, 3.05) is 13.2 Å². The number of imidazole rings is 1. The predicted molar refractivity (Wildman–Crippen MR) is 203 cm³/mol. The molecule has 1 atom stereocenters. The second-order valence-electron chi connectivity index (χ2n) is 13.7. The van der Waals surface area contributed by atoms with Crippen LogP contribution in [0, 0.1) is 0 Å². The first kappa shape index (κ1) is 32.1. The summed E-state index contributed by atoms with van der Waals surface area (Å²) in [5, 5.41) is 8.04. The average Bonchev–Trinajstić information content (AvgIpc) is 3.94. The number of carbonyl (C=O) groups is 1. The molecule has 0 bridgehead atoms. The van der Waals surface area contributed by atoms with Crippen LogP contribution in [0.5, 0.6) is 0 Å². The van der Waals surface area contributed by atoms with Crippen molar-refractivity contribution in [2.24, 2.45) is 0 Å². The van der Waals surface area contributed by atoms with E-state index >= 15 is 0 Å². The molecule has 8 heteroatoms. The summed E-state index contributed by atoms with van der Waals surface area (Å²) in [6, 6.07) is 45.7. The number of allylic oxidation sites excluding steroid dienone is 1. The molecule has 2 aliphatic rings. The van der Waals surface area contributed by atoms with E-state index in [1.807, 2.05) is 37.3 Å². The zero-order chi connectivity index (χ0) is 35.1. The summed E-state index contributed by atoms with van der Waals surface area (Å²) in [6.07, 6.45) is 4.47. The quantitative estimate of drug-likeness (QED) is 0.156. The van der Waals surface area contributed by atoms with Crippen LogP contribution in [0.15, 0.2) is 140 Å². The van der Waals surface area contributed by atoms with Gasteiger partial charge in [-0.2, -0.15) is 0 Å². The summed E-state index contributed by atoms with van der Waals surface area (Å²) in [5.74, 6) is -0.707. The van der Waals surface area contributed by atoms with Gasteiger partial charge in [-0.1, -0.05) is 127 Å². The Hall–Kier alpha value is -5.83. The summed E-state index contributed by atoms with van der Waals surface area (Å²) in [7, 11) is 0. The highest BCUT2D eigenvalue weighted by atomic mass is 16.7. The topological polar surface area (TPSA) is 94.1 Å². The minimum absolute atomic E-state index is 0.150. The normalized spacial score (nSPS) is 16.3. The molecule has 8 nitrogen and oxygen atoms in total. The van der Waals surface area contributed by atoms with Crippen LogP contribution in [-0.4, -0.2) is 44.7 Å². The molecule has 1 aliphatic heterocycles. The number of hydrogen-bond acceptors (Lipinski definition) is 5. The summed E-state index contributed by atoms with van der Waals surface area (Å²) in [5.41, 5.74) is 7.95. The first-order valence-corrected chi connectivity index (χ1v) is 18.0. The summed E-state index contributed by atoms with van der Waals surface area (Å²) >= 11 is 0. The first-order chi connectivity index (χ1) is 25.5. The standard InChI is InChI=1S/C44H39N5O3/c1-30(31-14-6-2-7-15-31)45-42(50)41-46-37-28-36-39(29-38(37)47-41)49(48-40(36)32-22-24-43(25-23-32)51-26-27-52-43)44(33-16-8-3-9-17-33,34-18-10-4-11-19-34)35-20-12-5-13-21-35/h2-22,28-30,48H,23-27H2,1H3,(H,45,50)/t30-/m1/s1. The Balaban J connectivity index is 1.27. The molecule has 9 rings (SSSR count). The number of amides is 1. The Morgan fingerprint density at radius 2 is 1.33 bits per heavy atom. The number of nitrogens with one attached hydrogen (secondary N) is 2. The van der Waals surface area contributed by atoms with Gasteiger partial charge in [-0.15, -0.1) is 0 Å². The van der Waals surface area contributed by atoms with Crippen molar-refractivity contribution < 1.29 is 14.3 Å². The van der Waals surface area contributed by atoms with Crippen LogP contribution >= 0.6 is 0 Å². The first-order valence-electron chi connectivity index (χ1n) is 18.0. The van der Waals surface area contributed by atoms with Crippen LogP contribution in [-0.2, 0) is 15.0 Å². The number of benzene rings is 5. The number of hydrogen-bond donors (Lipinski definition) is 2. The van der Waals surface area contributed by atoms with Crippen molar-refractivity contribution in [2.45, 2.75) is 43.6 Å². The number of aromatic amines is 1. The Labute approximate surface area is 302 Å². The van der Waals surface area contributed by atoms with Crippen molar-refractivity contribution in [1.82, 2.24) is 25.1 Å². The molecule has 258 valence electrons. The van der Waals surface area contributed by atoms with E-state index in [1.165, 1.54) is 5.57 Å². The van der Waals surface area contributed by atoms with Crippen molar-refractivity contribution in [3.8, 4) is 0 Å². The lowest BCUT2D eigenvalue weighted by Crippen LogP contribution is -2.38. The predicted octanol–water partition coefficient (Wildman–Crippen LogP) is 8.55. The third-order valence-corrected chi connectivity index (χ3v) is 10.6. The highest BCUT2D eigenvalue weighted by Crippen LogP contribution is 2.46. The number of H-pyrrole nitrogens is 1. The maximum Gasteiger partial charge on any atom is 0.289 e. The van der Waals surface area contributed by atoms with Gasteiger partial charge in [-0.3, -0.25) is 14.6 Å². The molecule has 52 heavy (non-hydrogen) atoms. The lowest BCUT2D eigenvalue weighted by molar-refractivity contribution is -0.159. The van der Waals surface area contributed by atoms with Crippen LogP contribution in [0.3, 0.4) is 0 Å². The Kier molecular flexibility index (Phi) is 8.06. The lowest BCUT2D eigenvalue weighted by atomic mass is 9.77. The molecule has 5 aromatic carbocycles. The molecule has 1 spiro atoms. The second-order valence-corrected chi connectivity index (χ2v) is 13.7. The number of ether oxygens (including phenoxy) is 2. The molecule has 0 saturated carbocycles. The van der Waals surface area contributed by atoms with Crippen molar-refractivity contribution >= 4 is 33.4 Å². The number of rotatable bonds is 8. The molecule has 7 aromatic rings. The van der Waals surface area contributed by atoms with Gasteiger partial charge in [0.1, 0.15) is 5.54 Å². The van der Waals surface area contributed by atoms with E-state index < -0.39 is 11.3 Å². The Bertz CT molecular complexity index is 2300. The van der Waals surface area contributed by atoms with Gasteiger partial charge in [0, 0.05) is 18.2 Å². The highest BCUT2D eigenvalue weighted by Gasteiger charge is 2.42. The molecule has 1 fully saturated rings. The number of nitrogens with zero attached hydrogens (tertiary/aromatic N) is 3. The van der Waals surface area contributed by atoms with Gasteiger partial charge in [0.05, 0.1) is 41.5 Å². The van der Waals surface area contributed by atoms with Crippen LogP contribution in [0.25, 0.3) is 27.5 Å². The molecule has 0 radical (unpaired) electrons. The Morgan fingerprint density at radius 1 is 0.788 bits per heavy atom. The Morgan fingerprint density at radius 3 is 1.87 bits per heavy atom. The van der Waals surface area contributed by atoms with E-state index in [-0.39, 0.29) is 17.8 Å². The molecular formula is C44H39N5O3. The van der Waals surface area contributed by atoms with Gasteiger partial charge in [-0.25, -0.2) is 9.97 Å². The van der Waals surface area contributed by atoms with Crippen LogP contribution in [0.4, 0.5) is 0 Å². The van der Waals surface area contributed by atoms with Gasteiger partial charge < -0.3 is 14.8 Å². The van der Waals surface area contributed by atoms with Gasteiger partial charge in [0.15, 0.2) is 5.79 Å². The van der Waals surface area contributed by atoms with E-state index in [0.717, 1.165) is 51.7 Å². The van der Waals surface area contributed by atoms with Crippen LogP contribution < -0.4 is 5.32 Å². The summed E-state index contributed by atoms with van der Waals surface area (Å²) < 4.78 is 14.5. The SMILES string of the molecule is C[C@@H](NC(=O)c1nc2cc3c(C4=CCC5(CC4)OCCO5)[nH]n(C(c4ccccc4)(c4ccccc4)c4ccccc4)c3cc2n1)c1ccccc1. The molecule has 2 aromatic heterocycles. The second kappa shape index (κ2) is 13.1. The van der Waals surface area contributed by atoms with Crippen LogP contribution in [0.1, 0.15) is 70.8 Å². The average molecular weight is 686 g/mol. The molecule has 2 N–H and O–H groups in total. The zero-order valence-electron chi connectivity index (χ0n) is 29.0. The van der Waals surface area contributed by atoms with E-state index in [9.17, 15) is 4.79 Å². The van der Waals surface area contributed by atoms with E-state index in [4.69, 9.17) is 19.4 Å². The number of carbonyl (C=O) groups excluding carboxylic acids is 1. The fourth-order valence-corrected chi connectivity index (χ4v) is 8.03. The molecule has 0 unspecified atom stereocenters. The van der Waals surface area contributed by atoms with E-state index in [2.05, 4.69) is 124 Å². The van der Waals surface area contributed by atoms with Gasteiger partial charge in [0.25, 0.3) is 5.91 Å². The van der Waals surface area contributed by atoms with Gasteiger partial charge in [0.2, 0.25) is 5.82 Å². The smallest absolute Gasteiger partial charge is 0.289 e. The zero-order valence-corrected chi connectivity index (χ0v) is 29.0. The lowest BCUT2D eigenvalue weighted by Gasteiger charge is -2.38. The van der Waals surface area contributed by atoms with Crippen LogP contribution in [0.2, 0.25) is 0 Å². The van der Waals surface area contributed by atoms with Gasteiger partial charge in [-0.05, 0) is 53.3 Å².